The van der Waals surface area contributed by atoms with Gasteiger partial charge >= 0.3 is 10.3 Å². The highest BCUT2D eigenvalue weighted by molar-refractivity contribution is 7.84. The van der Waals surface area contributed by atoms with Crippen LogP contribution < -0.4 is 10.0 Å². The number of hydrogen-bond acceptors (Lipinski definition) is 9. The maximum atomic E-state index is 13.0. The van der Waals surface area contributed by atoms with Crippen LogP contribution in [0.15, 0.2) is 24.8 Å². The van der Waals surface area contributed by atoms with Gasteiger partial charge in [0.2, 0.25) is 5.78 Å². The Morgan fingerprint density at radius 1 is 1.36 bits per heavy atom. The highest BCUT2D eigenvalue weighted by Crippen LogP contribution is 2.27. The molecule has 3 atom stereocenters. The van der Waals surface area contributed by atoms with E-state index in [4.69, 9.17) is 4.18 Å². The van der Waals surface area contributed by atoms with Crippen LogP contribution in [0.3, 0.4) is 0 Å². The molecular formula is C21H28N6O5S. The van der Waals surface area contributed by atoms with E-state index in [1.807, 2.05) is 0 Å². The van der Waals surface area contributed by atoms with E-state index in [9.17, 15) is 18.3 Å². The number of ketones is 1. The molecule has 0 unspecified atom stereocenters. The van der Waals surface area contributed by atoms with Gasteiger partial charge in [0.15, 0.2) is 0 Å². The van der Waals surface area contributed by atoms with Crippen LogP contribution in [0.25, 0.3) is 0 Å². The van der Waals surface area contributed by atoms with Crippen molar-refractivity contribution in [1.82, 2.24) is 24.5 Å². The molecule has 1 aliphatic rings. The summed E-state index contributed by atoms with van der Waals surface area (Å²) in [6.45, 7) is 4.57. The maximum Gasteiger partial charge on any atom is 0.335 e. The van der Waals surface area contributed by atoms with Gasteiger partial charge in [0.05, 0.1) is 11.7 Å². The van der Waals surface area contributed by atoms with E-state index in [2.05, 4.69) is 50.8 Å². The summed E-state index contributed by atoms with van der Waals surface area (Å²) in [5.41, 5.74) is 0.446. The van der Waals surface area contributed by atoms with Crippen LogP contribution in [0.4, 0.5) is 5.82 Å². The Bertz CT molecular complexity index is 1140. The molecule has 1 aliphatic carbocycles. The fourth-order valence-corrected chi connectivity index (χ4v) is 3.96. The second-order valence-corrected chi connectivity index (χ2v) is 9.65. The van der Waals surface area contributed by atoms with E-state index in [-0.39, 0.29) is 41.7 Å². The summed E-state index contributed by atoms with van der Waals surface area (Å²) in [6.07, 6.45) is 3.72. The number of carbonyl (C=O) groups is 1. The zero-order chi connectivity index (χ0) is 24.0. The summed E-state index contributed by atoms with van der Waals surface area (Å²) in [7, 11) is -2.71. The van der Waals surface area contributed by atoms with E-state index < -0.39 is 22.5 Å². The molecule has 0 spiro atoms. The predicted molar refractivity (Wildman–Crippen MR) is 120 cm³/mol. The van der Waals surface area contributed by atoms with Crippen molar-refractivity contribution in [1.29, 1.82) is 0 Å². The molecule has 0 aromatic carbocycles. The molecule has 3 N–H and O–H groups in total. The Morgan fingerprint density at radius 3 is 2.88 bits per heavy atom. The van der Waals surface area contributed by atoms with Crippen molar-refractivity contribution in [3.63, 3.8) is 0 Å². The lowest BCUT2D eigenvalue weighted by molar-refractivity contribution is 0.0636. The molecule has 33 heavy (non-hydrogen) atoms. The quantitative estimate of drug-likeness (QED) is 0.352. The third-order valence-corrected chi connectivity index (χ3v) is 6.02. The first-order chi connectivity index (χ1) is 15.7. The fourth-order valence-electron chi connectivity index (χ4n) is 3.34. The molecule has 0 radical (unpaired) electrons. The SMILES string of the molecule is CNS(=O)(=O)O[C@@H]1C[C@H](Nc2ncncc2C(=O)c2ccn(CC#CCC(C)C)n2)C[C@@H]1O. The second-order valence-electron chi connectivity index (χ2n) is 8.14. The number of hydrogen-bond donors (Lipinski definition) is 3. The van der Waals surface area contributed by atoms with E-state index in [0.29, 0.717) is 12.5 Å². The van der Waals surface area contributed by atoms with Gasteiger partial charge in [-0.15, -0.1) is 5.92 Å². The van der Waals surface area contributed by atoms with Gasteiger partial charge in [0.1, 0.15) is 30.5 Å². The first-order valence-corrected chi connectivity index (χ1v) is 12.0. The summed E-state index contributed by atoms with van der Waals surface area (Å²) in [4.78, 5) is 21.1. The van der Waals surface area contributed by atoms with Crippen molar-refractivity contribution in [2.75, 3.05) is 12.4 Å². The highest BCUT2D eigenvalue weighted by Gasteiger charge is 2.37. The number of aliphatic hydroxyl groups is 1. The zero-order valence-corrected chi connectivity index (χ0v) is 19.5. The molecule has 3 rings (SSSR count). The molecule has 1 fully saturated rings. The maximum absolute atomic E-state index is 13.0. The normalized spacial score (nSPS) is 20.5. The minimum atomic E-state index is -3.94. The average molecular weight is 477 g/mol. The van der Waals surface area contributed by atoms with Crippen LogP contribution in [0, 0.1) is 17.8 Å². The first kappa shape index (κ1) is 24.8. The van der Waals surface area contributed by atoms with Crippen LogP contribution in [0.2, 0.25) is 0 Å². The topological polar surface area (TPSA) is 148 Å². The molecule has 1 saturated carbocycles. The van der Waals surface area contributed by atoms with Gasteiger partial charge in [-0.2, -0.15) is 18.2 Å². The molecule has 0 aliphatic heterocycles. The highest BCUT2D eigenvalue weighted by atomic mass is 32.2. The minimum Gasteiger partial charge on any atom is -0.390 e. The van der Waals surface area contributed by atoms with Gasteiger partial charge in [-0.1, -0.05) is 19.8 Å². The number of carbonyl (C=O) groups excluding carboxylic acids is 1. The molecule has 0 saturated heterocycles. The lowest BCUT2D eigenvalue weighted by Crippen LogP contribution is -2.31. The van der Waals surface area contributed by atoms with E-state index in [1.165, 1.54) is 19.6 Å². The molecule has 0 amide bonds. The minimum absolute atomic E-state index is 0.212. The van der Waals surface area contributed by atoms with E-state index in [1.54, 1.807) is 16.9 Å². The molecule has 12 heteroatoms. The van der Waals surface area contributed by atoms with E-state index >= 15 is 0 Å². The van der Waals surface area contributed by atoms with Gasteiger partial charge in [-0.05, 0) is 24.8 Å². The third kappa shape index (κ3) is 6.82. The van der Waals surface area contributed by atoms with Crippen LogP contribution in [0.1, 0.15) is 49.2 Å². The summed E-state index contributed by atoms with van der Waals surface area (Å²) in [6, 6.07) is 1.25. The number of aromatic nitrogens is 4. The van der Waals surface area contributed by atoms with Crippen molar-refractivity contribution < 1.29 is 22.5 Å². The lowest BCUT2D eigenvalue weighted by Gasteiger charge is -2.15. The lowest BCUT2D eigenvalue weighted by atomic mass is 10.1. The summed E-state index contributed by atoms with van der Waals surface area (Å²) in [5.74, 6) is 6.51. The standard InChI is InChI=1S/C21H28N6O5S/c1-14(2)6-4-5-8-27-9-7-17(26-27)20(29)16-12-23-13-24-21(16)25-15-10-18(28)19(11-15)32-33(30,31)22-3/h7,9,12-15,18-19,22,28H,6,8,10-11H2,1-3H3,(H,23,24,25)/t15-,18+,19-/m1/s1. The third-order valence-electron chi connectivity index (χ3n) is 5.02. The van der Waals surface area contributed by atoms with Crippen molar-refractivity contribution in [3.05, 3.63) is 36.0 Å². The van der Waals surface area contributed by atoms with Crippen molar-refractivity contribution in [2.45, 2.75) is 57.9 Å². The fraction of sp³-hybridized carbons (Fsp3) is 0.524. The van der Waals surface area contributed by atoms with Gasteiger partial charge < -0.3 is 10.4 Å². The van der Waals surface area contributed by atoms with Crippen molar-refractivity contribution in [2.24, 2.45) is 5.92 Å². The van der Waals surface area contributed by atoms with Crippen LogP contribution in [0.5, 0.6) is 0 Å². The molecule has 178 valence electrons. The molecule has 2 aromatic heterocycles. The monoisotopic (exact) mass is 476 g/mol. The van der Waals surface area contributed by atoms with Gasteiger partial charge in [-0.3, -0.25) is 13.7 Å². The van der Waals surface area contributed by atoms with Crippen molar-refractivity contribution >= 4 is 21.9 Å². The van der Waals surface area contributed by atoms with Crippen molar-refractivity contribution in [3.8, 4) is 11.8 Å². The molecule has 0 bridgehead atoms. The summed E-state index contributed by atoms with van der Waals surface area (Å²) in [5, 5.41) is 17.6. The number of nitrogens with one attached hydrogen (secondary N) is 2. The summed E-state index contributed by atoms with van der Waals surface area (Å²) < 4.78 is 31.9. The Morgan fingerprint density at radius 2 is 2.15 bits per heavy atom. The Hall–Kier alpha value is -2.85. The van der Waals surface area contributed by atoms with E-state index in [0.717, 1.165) is 6.42 Å². The zero-order valence-electron chi connectivity index (χ0n) is 18.7. The molecule has 2 aromatic rings. The Kier molecular flexibility index (Phi) is 8.15. The predicted octanol–water partition coefficient (Wildman–Crippen LogP) is 0.738. The second kappa shape index (κ2) is 10.8. The number of nitrogens with zero attached hydrogens (tertiary/aromatic N) is 4. The molecule has 2 heterocycles. The van der Waals surface area contributed by atoms with Crippen LogP contribution >= 0.6 is 0 Å². The average Bonchev–Trinajstić information content (AvgIpc) is 3.37. The molecule has 11 nitrogen and oxygen atoms in total. The Labute approximate surface area is 193 Å². The largest absolute Gasteiger partial charge is 0.390 e. The number of anilines is 1. The number of rotatable bonds is 9. The summed E-state index contributed by atoms with van der Waals surface area (Å²) >= 11 is 0. The smallest absolute Gasteiger partial charge is 0.335 e. The van der Waals surface area contributed by atoms with Crippen LogP contribution in [-0.4, -0.2) is 64.4 Å². The van der Waals surface area contributed by atoms with Gasteiger partial charge in [0.25, 0.3) is 0 Å². The van der Waals surface area contributed by atoms with Crippen LogP contribution in [-0.2, 0) is 21.0 Å². The Balaban J connectivity index is 1.68. The van der Waals surface area contributed by atoms with Gasteiger partial charge in [-0.25, -0.2) is 9.97 Å². The molecular weight excluding hydrogens is 448 g/mol. The number of aliphatic hydroxyl groups excluding tert-OH is 1. The first-order valence-electron chi connectivity index (χ1n) is 10.6. The van der Waals surface area contributed by atoms with Gasteiger partial charge in [0, 0.05) is 31.9 Å².